The Hall–Kier alpha value is -2.04. The maximum absolute atomic E-state index is 11.8. The third-order valence-electron chi connectivity index (χ3n) is 3.14. The predicted molar refractivity (Wildman–Crippen MR) is 74.1 cm³/mol. The summed E-state index contributed by atoms with van der Waals surface area (Å²) in [4.78, 5) is 25.1. The molecule has 2 rings (SSSR count). The summed E-state index contributed by atoms with van der Waals surface area (Å²) in [5.41, 5.74) is 2.40. The molecule has 1 aliphatic heterocycles. The van der Waals surface area contributed by atoms with E-state index in [1.807, 2.05) is 30.0 Å². The molecule has 0 saturated heterocycles. The zero-order valence-corrected chi connectivity index (χ0v) is 11.1. The minimum atomic E-state index is -0.155. The van der Waals surface area contributed by atoms with Crippen LogP contribution in [0.15, 0.2) is 24.3 Å². The molecule has 102 valence electrons. The molecule has 0 aromatic heterocycles. The number of hydrogen-bond acceptors (Lipinski definition) is 3. The van der Waals surface area contributed by atoms with E-state index in [2.05, 4.69) is 16.7 Å². The topological polar surface area (TPSA) is 61.4 Å². The van der Waals surface area contributed by atoms with Crippen LogP contribution in [0.25, 0.3) is 0 Å². The summed E-state index contributed by atoms with van der Waals surface area (Å²) in [5, 5.41) is 5.28. The summed E-state index contributed by atoms with van der Waals surface area (Å²) >= 11 is 0. The Bertz CT molecular complexity index is 474. The first-order valence-corrected chi connectivity index (χ1v) is 6.57. The number of nitrogens with zero attached hydrogens (tertiary/aromatic N) is 1. The number of nitrogens with one attached hydrogen (secondary N) is 2. The number of benzene rings is 1. The molecule has 0 unspecified atom stereocenters. The molecule has 0 spiro atoms. The van der Waals surface area contributed by atoms with E-state index in [4.69, 9.17) is 0 Å². The third-order valence-corrected chi connectivity index (χ3v) is 3.14. The molecule has 19 heavy (non-hydrogen) atoms. The van der Waals surface area contributed by atoms with Crippen molar-refractivity contribution < 1.29 is 9.59 Å². The van der Waals surface area contributed by atoms with Gasteiger partial charge in [0.05, 0.1) is 13.1 Å². The number of hydrogen-bond donors (Lipinski definition) is 2. The summed E-state index contributed by atoms with van der Waals surface area (Å²) < 4.78 is 0. The van der Waals surface area contributed by atoms with Gasteiger partial charge in [-0.05, 0) is 25.0 Å². The molecule has 1 aromatic carbocycles. The van der Waals surface area contributed by atoms with Gasteiger partial charge < -0.3 is 15.5 Å². The maximum Gasteiger partial charge on any atom is 0.239 e. The largest absolute Gasteiger partial charge is 0.362 e. The highest BCUT2D eigenvalue weighted by molar-refractivity contribution is 5.87. The molecule has 1 heterocycles. The molecule has 0 radical (unpaired) electrons. The van der Waals surface area contributed by atoms with Crippen LogP contribution in [0.5, 0.6) is 0 Å². The number of amides is 2. The average Bonchev–Trinajstić information content (AvgIpc) is 2.80. The lowest BCUT2D eigenvalue weighted by Crippen LogP contribution is -2.41. The summed E-state index contributed by atoms with van der Waals surface area (Å²) in [6, 6.07) is 8.10. The van der Waals surface area contributed by atoms with Crippen molar-refractivity contribution in [2.24, 2.45) is 0 Å². The van der Waals surface area contributed by atoms with Crippen molar-refractivity contribution in [3.63, 3.8) is 0 Å². The van der Waals surface area contributed by atoms with Crippen molar-refractivity contribution in [2.75, 3.05) is 31.1 Å². The average molecular weight is 261 g/mol. The second kappa shape index (κ2) is 6.22. The van der Waals surface area contributed by atoms with Crippen LogP contribution in [0, 0.1) is 0 Å². The van der Waals surface area contributed by atoms with E-state index in [0.717, 1.165) is 18.7 Å². The van der Waals surface area contributed by atoms with Crippen molar-refractivity contribution in [3.8, 4) is 0 Å². The van der Waals surface area contributed by atoms with Gasteiger partial charge in [-0.2, -0.15) is 0 Å². The first-order chi connectivity index (χ1) is 9.20. The van der Waals surface area contributed by atoms with Gasteiger partial charge in [-0.25, -0.2) is 0 Å². The van der Waals surface area contributed by atoms with Gasteiger partial charge in [-0.15, -0.1) is 0 Å². The Balaban J connectivity index is 1.82. The molecular formula is C14H19N3O2. The molecule has 0 saturated carbocycles. The molecule has 0 fully saturated rings. The van der Waals surface area contributed by atoms with Gasteiger partial charge in [0.1, 0.15) is 0 Å². The number of carbonyl (C=O) groups is 2. The van der Waals surface area contributed by atoms with E-state index >= 15 is 0 Å². The van der Waals surface area contributed by atoms with Crippen molar-refractivity contribution in [1.29, 1.82) is 0 Å². The van der Waals surface area contributed by atoms with Crippen LogP contribution in [0.4, 0.5) is 5.69 Å². The van der Waals surface area contributed by atoms with Crippen LogP contribution in [-0.4, -0.2) is 38.0 Å². The summed E-state index contributed by atoms with van der Waals surface area (Å²) in [5.74, 6) is -0.277. The smallest absolute Gasteiger partial charge is 0.239 e. The van der Waals surface area contributed by atoms with E-state index < -0.39 is 0 Å². The molecule has 1 aliphatic rings. The van der Waals surface area contributed by atoms with E-state index in [-0.39, 0.29) is 18.4 Å². The fourth-order valence-electron chi connectivity index (χ4n) is 2.24. The first-order valence-electron chi connectivity index (χ1n) is 6.57. The molecule has 0 atom stereocenters. The molecule has 2 N–H and O–H groups in total. The molecule has 5 heteroatoms. The Morgan fingerprint density at radius 1 is 1.21 bits per heavy atom. The van der Waals surface area contributed by atoms with Gasteiger partial charge in [-0.1, -0.05) is 18.2 Å². The van der Waals surface area contributed by atoms with Crippen LogP contribution < -0.4 is 15.5 Å². The quantitative estimate of drug-likeness (QED) is 0.801. The monoisotopic (exact) mass is 261 g/mol. The Kier molecular flexibility index (Phi) is 4.39. The fraction of sp³-hybridized carbons (Fsp3) is 0.429. The highest BCUT2D eigenvalue weighted by Gasteiger charge is 2.20. The minimum Gasteiger partial charge on any atom is -0.362 e. The molecule has 1 aromatic rings. The maximum atomic E-state index is 11.8. The number of anilines is 1. The van der Waals surface area contributed by atoms with Crippen molar-refractivity contribution in [3.05, 3.63) is 29.8 Å². The van der Waals surface area contributed by atoms with Gasteiger partial charge in [0.2, 0.25) is 11.8 Å². The lowest BCUT2D eigenvalue weighted by atomic mass is 10.2. The van der Waals surface area contributed by atoms with Crippen molar-refractivity contribution in [1.82, 2.24) is 10.6 Å². The molecule has 2 amide bonds. The lowest BCUT2D eigenvalue weighted by molar-refractivity contribution is -0.125. The van der Waals surface area contributed by atoms with Gasteiger partial charge in [0.25, 0.3) is 0 Å². The van der Waals surface area contributed by atoms with E-state index in [0.29, 0.717) is 13.1 Å². The number of likely N-dealkylation sites (N-methyl/N-ethyl adjacent to an activating group) is 1. The number of rotatable bonds is 5. The van der Waals surface area contributed by atoms with Gasteiger partial charge in [0, 0.05) is 18.8 Å². The summed E-state index contributed by atoms with van der Waals surface area (Å²) in [6.45, 7) is 3.63. The first kappa shape index (κ1) is 13.4. The van der Waals surface area contributed by atoms with Crippen LogP contribution in [0.3, 0.4) is 0 Å². The Labute approximate surface area is 113 Å². The number of para-hydroxylation sites is 1. The number of fused-ring (bicyclic) bond motifs is 1. The van der Waals surface area contributed by atoms with Gasteiger partial charge in [-0.3, -0.25) is 9.59 Å². The third kappa shape index (κ3) is 3.47. The van der Waals surface area contributed by atoms with E-state index in [1.165, 1.54) is 5.56 Å². The molecule has 0 aliphatic carbocycles. The van der Waals surface area contributed by atoms with Gasteiger partial charge in [0.15, 0.2) is 0 Å². The predicted octanol–water partition coefficient (Wildman–Crippen LogP) is 0.301. The SMILES string of the molecule is CCNC(=O)CNC(=O)CN1CCc2ccccc21. The molecule has 5 nitrogen and oxygen atoms in total. The second-order valence-corrected chi connectivity index (χ2v) is 4.53. The van der Waals surface area contributed by atoms with Crippen LogP contribution in [0.2, 0.25) is 0 Å². The highest BCUT2D eigenvalue weighted by Crippen LogP contribution is 2.26. The second-order valence-electron chi connectivity index (χ2n) is 4.53. The van der Waals surface area contributed by atoms with E-state index in [1.54, 1.807) is 0 Å². The standard InChI is InChI=1S/C14H19N3O2/c1-2-15-13(18)9-16-14(19)10-17-8-7-11-5-3-4-6-12(11)17/h3-6H,2,7-10H2,1H3,(H,15,18)(H,16,19). The Morgan fingerprint density at radius 2 is 2.00 bits per heavy atom. The van der Waals surface area contributed by atoms with Crippen LogP contribution in [-0.2, 0) is 16.0 Å². The normalized spacial score (nSPS) is 13.0. The highest BCUT2D eigenvalue weighted by atomic mass is 16.2. The zero-order valence-electron chi connectivity index (χ0n) is 11.1. The van der Waals surface area contributed by atoms with Crippen molar-refractivity contribution >= 4 is 17.5 Å². The lowest BCUT2D eigenvalue weighted by Gasteiger charge is -2.18. The molecular weight excluding hydrogens is 242 g/mol. The van der Waals surface area contributed by atoms with E-state index in [9.17, 15) is 9.59 Å². The minimum absolute atomic E-state index is 0.0438. The molecule has 0 bridgehead atoms. The fourth-order valence-corrected chi connectivity index (χ4v) is 2.24. The summed E-state index contributed by atoms with van der Waals surface area (Å²) in [6.07, 6.45) is 0.972. The van der Waals surface area contributed by atoms with Crippen LogP contribution >= 0.6 is 0 Å². The van der Waals surface area contributed by atoms with Gasteiger partial charge >= 0.3 is 0 Å². The Morgan fingerprint density at radius 3 is 2.79 bits per heavy atom. The summed E-state index contributed by atoms with van der Waals surface area (Å²) in [7, 11) is 0. The number of carbonyl (C=O) groups excluding carboxylic acids is 2. The van der Waals surface area contributed by atoms with Crippen LogP contribution in [0.1, 0.15) is 12.5 Å². The van der Waals surface area contributed by atoms with Crippen molar-refractivity contribution in [2.45, 2.75) is 13.3 Å². The zero-order chi connectivity index (χ0) is 13.7.